The van der Waals surface area contributed by atoms with Crippen LogP contribution in [0.15, 0.2) is 11.1 Å². The first kappa shape index (κ1) is 9.55. The standard InChI is InChI=1S/C12H16O3/c1-8-4-5-12(14-6-7-15-12)9-2-3-10(13)11(8)9/h9H,2-7H2,1H3. The molecule has 3 nitrogen and oxygen atoms in total. The summed E-state index contributed by atoms with van der Waals surface area (Å²) in [6.45, 7) is 3.43. The summed E-state index contributed by atoms with van der Waals surface area (Å²) in [7, 11) is 0. The van der Waals surface area contributed by atoms with Crippen LogP contribution in [0.4, 0.5) is 0 Å². The number of hydrogen-bond donors (Lipinski definition) is 0. The van der Waals surface area contributed by atoms with Gasteiger partial charge in [-0.05, 0) is 19.8 Å². The zero-order chi connectivity index (χ0) is 10.5. The van der Waals surface area contributed by atoms with Crippen LogP contribution in [-0.4, -0.2) is 24.8 Å². The maximum atomic E-state index is 11.8. The van der Waals surface area contributed by atoms with E-state index in [1.807, 2.05) is 0 Å². The van der Waals surface area contributed by atoms with Crippen molar-refractivity contribution in [2.24, 2.45) is 5.92 Å². The second-order valence-corrected chi connectivity index (χ2v) is 4.72. The van der Waals surface area contributed by atoms with Gasteiger partial charge in [0.15, 0.2) is 11.6 Å². The predicted octanol–water partition coefficient (Wildman–Crippen LogP) is 1.82. The molecule has 1 atom stereocenters. The molecular formula is C12H16O3. The minimum Gasteiger partial charge on any atom is -0.347 e. The molecule has 2 fully saturated rings. The number of hydrogen-bond acceptors (Lipinski definition) is 3. The third-order valence-corrected chi connectivity index (χ3v) is 3.92. The molecule has 0 aromatic rings. The van der Waals surface area contributed by atoms with Crippen molar-refractivity contribution in [3.8, 4) is 0 Å². The van der Waals surface area contributed by atoms with Gasteiger partial charge in [-0.3, -0.25) is 4.79 Å². The lowest BCUT2D eigenvalue weighted by Gasteiger charge is -2.38. The van der Waals surface area contributed by atoms with Gasteiger partial charge in [-0.2, -0.15) is 0 Å². The van der Waals surface area contributed by atoms with E-state index in [0.29, 0.717) is 25.4 Å². The summed E-state index contributed by atoms with van der Waals surface area (Å²) in [6, 6.07) is 0. The summed E-state index contributed by atoms with van der Waals surface area (Å²) >= 11 is 0. The molecule has 3 aliphatic rings. The van der Waals surface area contributed by atoms with Crippen molar-refractivity contribution in [2.45, 2.75) is 38.4 Å². The largest absolute Gasteiger partial charge is 0.347 e. The zero-order valence-electron chi connectivity index (χ0n) is 9.04. The summed E-state index contributed by atoms with van der Waals surface area (Å²) < 4.78 is 11.6. The van der Waals surface area contributed by atoms with Crippen molar-refractivity contribution in [2.75, 3.05) is 13.2 Å². The molecule has 1 unspecified atom stereocenters. The van der Waals surface area contributed by atoms with Crippen molar-refractivity contribution < 1.29 is 14.3 Å². The summed E-state index contributed by atoms with van der Waals surface area (Å²) in [5, 5.41) is 0. The Bertz CT molecular complexity index is 337. The lowest BCUT2D eigenvalue weighted by atomic mass is 9.80. The molecular weight excluding hydrogens is 192 g/mol. The molecule has 3 heteroatoms. The molecule has 15 heavy (non-hydrogen) atoms. The summed E-state index contributed by atoms with van der Waals surface area (Å²) in [5.41, 5.74) is 2.27. The van der Waals surface area contributed by atoms with Crippen molar-refractivity contribution >= 4 is 5.78 Å². The Hall–Kier alpha value is -0.670. The highest BCUT2D eigenvalue weighted by molar-refractivity contribution is 5.99. The molecule has 0 aromatic carbocycles. The van der Waals surface area contributed by atoms with E-state index in [4.69, 9.17) is 9.47 Å². The van der Waals surface area contributed by atoms with Crippen LogP contribution in [0.3, 0.4) is 0 Å². The van der Waals surface area contributed by atoms with Crippen LogP contribution in [0.25, 0.3) is 0 Å². The molecule has 82 valence electrons. The van der Waals surface area contributed by atoms with Gasteiger partial charge in [0.05, 0.1) is 13.2 Å². The first-order valence-corrected chi connectivity index (χ1v) is 5.74. The van der Waals surface area contributed by atoms with Gasteiger partial charge < -0.3 is 9.47 Å². The van der Waals surface area contributed by atoms with Crippen molar-refractivity contribution in [3.63, 3.8) is 0 Å². The van der Waals surface area contributed by atoms with Crippen LogP contribution in [0.1, 0.15) is 32.6 Å². The molecule has 1 saturated heterocycles. The number of fused-ring (bicyclic) bond motifs is 2. The van der Waals surface area contributed by atoms with Crippen LogP contribution in [0.2, 0.25) is 0 Å². The Balaban J connectivity index is 2.02. The third kappa shape index (κ3) is 1.23. The fourth-order valence-electron chi connectivity index (χ4n) is 3.21. The van der Waals surface area contributed by atoms with Gasteiger partial charge in [0.25, 0.3) is 0 Å². The molecule has 0 radical (unpaired) electrons. The molecule has 2 aliphatic carbocycles. The Morgan fingerprint density at radius 2 is 2.00 bits per heavy atom. The zero-order valence-corrected chi connectivity index (χ0v) is 9.04. The summed E-state index contributed by atoms with van der Waals surface area (Å²) in [4.78, 5) is 11.8. The van der Waals surface area contributed by atoms with Crippen LogP contribution < -0.4 is 0 Å². The molecule has 1 spiro atoms. The molecule has 1 aliphatic heterocycles. The lowest BCUT2D eigenvalue weighted by Crippen LogP contribution is -2.41. The maximum absolute atomic E-state index is 11.8. The second-order valence-electron chi connectivity index (χ2n) is 4.72. The van der Waals surface area contributed by atoms with E-state index in [9.17, 15) is 4.79 Å². The molecule has 1 saturated carbocycles. The minimum atomic E-state index is -0.443. The number of ether oxygens (including phenoxy) is 2. The number of ketones is 1. The fourth-order valence-corrected chi connectivity index (χ4v) is 3.21. The number of allylic oxidation sites excluding steroid dienone is 1. The number of carbonyl (C=O) groups is 1. The van der Waals surface area contributed by atoms with Gasteiger partial charge in [0.1, 0.15) is 0 Å². The van der Waals surface area contributed by atoms with Gasteiger partial charge in [-0.25, -0.2) is 0 Å². The van der Waals surface area contributed by atoms with E-state index in [0.717, 1.165) is 24.8 Å². The second kappa shape index (κ2) is 3.16. The highest BCUT2D eigenvalue weighted by Crippen LogP contribution is 2.49. The maximum Gasteiger partial charge on any atom is 0.175 e. The van der Waals surface area contributed by atoms with Gasteiger partial charge in [0, 0.05) is 24.3 Å². The molecule has 1 heterocycles. The van der Waals surface area contributed by atoms with E-state index >= 15 is 0 Å². The van der Waals surface area contributed by atoms with Crippen molar-refractivity contribution in [1.29, 1.82) is 0 Å². The first-order chi connectivity index (χ1) is 7.23. The number of Topliss-reactive ketones (excluding diaryl/α,β-unsaturated/α-hetero) is 1. The number of rotatable bonds is 0. The summed E-state index contributed by atoms with van der Waals surface area (Å²) in [5.74, 6) is 0.0815. The predicted molar refractivity (Wildman–Crippen MR) is 54.3 cm³/mol. The Morgan fingerprint density at radius 1 is 1.27 bits per heavy atom. The Kier molecular flexibility index (Phi) is 2.01. The molecule has 0 bridgehead atoms. The van der Waals surface area contributed by atoms with E-state index in [2.05, 4.69) is 6.92 Å². The smallest absolute Gasteiger partial charge is 0.175 e. The molecule has 0 N–H and O–H groups in total. The quantitative estimate of drug-likeness (QED) is 0.609. The van der Waals surface area contributed by atoms with Gasteiger partial charge in [-0.1, -0.05) is 5.57 Å². The topological polar surface area (TPSA) is 35.5 Å². The molecule has 0 aromatic heterocycles. The van der Waals surface area contributed by atoms with E-state index in [1.54, 1.807) is 0 Å². The minimum absolute atomic E-state index is 0.209. The van der Waals surface area contributed by atoms with Crippen LogP contribution in [-0.2, 0) is 14.3 Å². The van der Waals surface area contributed by atoms with Crippen molar-refractivity contribution in [3.05, 3.63) is 11.1 Å². The van der Waals surface area contributed by atoms with Gasteiger partial charge in [-0.15, -0.1) is 0 Å². The molecule has 3 rings (SSSR count). The Labute approximate surface area is 89.4 Å². The third-order valence-electron chi connectivity index (χ3n) is 3.92. The fraction of sp³-hybridized carbons (Fsp3) is 0.750. The first-order valence-electron chi connectivity index (χ1n) is 5.74. The SMILES string of the molecule is CC1=C2C(=O)CCC2C2(CC1)OCCO2. The van der Waals surface area contributed by atoms with Crippen LogP contribution in [0.5, 0.6) is 0 Å². The average Bonchev–Trinajstić information content (AvgIpc) is 2.81. The van der Waals surface area contributed by atoms with E-state index < -0.39 is 5.79 Å². The number of carbonyl (C=O) groups excluding carboxylic acids is 1. The monoisotopic (exact) mass is 208 g/mol. The molecule has 0 amide bonds. The van der Waals surface area contributed by atoms with Crippen LogP contribution in [0, 0.1) is 5.92 Å². The van der Waals surface area contributed by atoms with E-state index in [-0.39, 0.29) is 5.92 Å². The highest BCUT2D eigenvalue weighted by Gasteiger charge is 2.52. The average molecular weight is 208 g/mol. The van der Waals surface area contributed by atoms with Gasteiger partial charge in [0.2, 0.25) is 0 Å². The summed E-state index contributed by atoms with van der Waals surface area (Å²) in [6.07, 6.45) is 3.44. The van der Waals surface area contributed by atoms with Gasteiger partial charge >= 0.3 is 0 Å². The van der Waals surface area contributed by atoms with Crippen molar-refractivity contribution in [1.82, 2.24) is 0 Å². The Morgan fingerprint density at radius 3 is 2.73 bits per heavy atom. The highest BCUT2D eigenvalue weighted by atomic mass is 16.7. The van der Waals surface area contributed by atoms with E-state index in [1.165, 1.54) is 5.57 Å². The normalized spacial score (nSPS) is 33.9. The van der Waals surface area contributed by atoms with Crippen LogP contribution >= 0.6 is 0 Å². The lowest BCUT2D eigenvalue weighted by molar-refractivity contribution is -0.193.